The van der Waals surface area contributed by atoms with Gasteiger partial charge in [-0.3, -0.25) is 4.90 Å². The van der Waals surface area contributed by atoms with E-state index in [4.69, 9.17) is 30.5 Å². The summed E-state index contributed by atoms with van der Waals surface area (Å²) in [5, 5.41) is 2.55. The third-order valence-electron chi connectivity index (χ3n) is 10.5. The van der Waals surface area contributed by atoms with Crippen LogP contribution in [0.4, 0.5) is 29.5 Å². The summed E-state index contributed by atoms with van der Waals surface area (Å²) in [4.78, 5) is 29.3. The van der Waals surface area contributed by atoms with Crippen molar-refractivity contribution in [2.45, 2.75) is 115 Å². The first-order valence-electron chi connectivity index (χ1n) is 17.7. The maximum atomic E-state index is 13.7. The third-order valence-corrected chi connectivity index (χ3v) is 15.3. The first-order chi connectivity index (χ1) is 23.7. The van der Waals surface area contributed by atoms with Gasteiger partial charge in [-0.25, -0.2) is 4.79 Å². The number of carbonyl (C=O) groups excluding carboxylic acids is 1. The second-order valence-electron chi connectivity index (χ2n) is 16.4. The summed E-state index contributed by atoms with van der Waals surface area (Å²) in [5.74, 6) is 0.629. The molecule has 2 aromatic carbocycles. The second-order valence-corrected chi connectivity index (χ2v) is 21.6. The zero-order valence-corrected chi connectivity index (χ0v) is 32.5. The van der Waals surface area contributed by atoms with Crippen molar-refractivity contribution in [1.29, 1.82) is 0 Å². The summed E-state index contributed by atoms with van der Waals surface area (Å²) in [6, 6.07) is 11.2. The number of ether oxygens (including phenoxy) is 2. The van der Waals surface area contributed by atoms with Gasteiger partial charge in [-0.1, -0.05) is 56.6 Å². The van der Waals surface area contributed by atoms with Crippen molar-refractivity contribution in [1.82, 2.24) is 14.9 Å². The van der Waals surface area contributed by atoms with Crippen LogP contribution in [0.25, 0.3) is 10.8 Å². The highest BCUT2D eigenvalue weighted by atomic mass is 35.5. The van der Waals surface area contributed by atoms with Gasteiger partial charge in [0, 0.05) is 36.3 Å². The number of piperazine rings is 1. The number of aromatic nitrogens is 2. The van der Waals surface area contributed by atoms with Crippen molar-refractivity contribution in [2.75, 3.05) is 36.0 Å². The van der Waals surface area contributed by atoms with Gasteiger partial charge in [0.2, 0.25) is 0 Å². The number of rotatable bonds is 7. The Morgan fingerprint density at radius 2 is 1.71 bits per heavy atom. The fraction of sp³-hybridized carbons (Fsp3) is 0.595. The molecule has 3 aliphatic heterocycles. The van der Waals surface area contributed by atoms with E-state index in [0.29, 0.717) is 55.6 Å². The molecule has 2 bridgehead atoms. The van der Waals surface area contributed by atoms with E-state index in [2.05, 4.69) is 48.6 Å². The molecule has 14 heteroatoms. The van der Waals surface area contributed by atoms with Crippen molar-refractivity contribution in [3.05, 3.63) is 52.7 Å². The number of benzene rings is 2. The molecule has 278 valence electrons. The fourth-order valence-electron chi connectivity index (χ4n) is 7.08. The van der Waals surface area contributed by atoms with Gasteiger partial charge in [0.25, 0.3) is 0 Å². The van der Waals surface area contributed by atoms with Crippen LogP contribution in [0.3, 0.4) is 0 Å². The lowest BCUT2D eigenvalue weighted by atomic mass is 10.0. The van der Waals surface area contributed by atoms with Crippen LogP contribution in [0.15, 0.2) is 36.4 Å². The molecule has 2 fully saturated rings. The average Bonchev–Trinajstić information content (AvgIpc) is 3.23. The molecule has 9 nitrogen and oxygen atoms in total. The first kappa shape index (κ1) is 37.5. The number of alkyl halides is 3. The van der Waals surface area contributed by atoms with Crippen molar-refractivity contribution in [3.63, 3.8) is 0 Å². The maximum absolute atomic E-state index is 13.7. The molecule has 4 heterocycles. The van der Waals surface area contributed by atoms with E-state index >= 15 is 0 Å². The number of nitrogens with zero attached hydrogens (tertiary/aromatic N) is 5. The summed E-state index contributed by atoms with van der Waals surface area (Å²) in [5.41, 5.74) is 1.90. The highest BCUT2D eigenvalue weighted by Crippen LogP contribution is 2.44. The molecule has 0 N–H and O–H groups in total. The number of hydrogen-bond acceptors (Lipinski definition) is 8. The first-order valence-corrected chi connectivity index (χ1v) is 20.9. The van der Waals surface area contributed by atoms with Crippen molar-refractivity contribution in [3.8, 4) is 6.01 Å². The van der Waals surface area contributed by atoms with Crippen LogP contribution in [0.1, 0.15) is 65.6 Å². The quantitative estimate of drug-likeness (QED) is 0.222. The summed E-state index contributed by atoms with van der Waals surface area (Å²) >= 11 is 6.69. The molecular formula is C37H49ClF3N5O4Si. The van der Waals surface area contributed by atoms with Crippen molar-refractivity contribution < 1.29 is 31.9 Å². The third kappa shape index (κ3) is 8.05. The number of halogens is 4. The lowest BCUT2D eigenvalue weighted by Gasteiger charge is -2.44. The van der Waals surface area contributed by atoms with Crippen LogP contribution in [0, 0.1) is 0 Å². The summed E-state index contributed by atoms with van der Waals surface area (Å²) < 4.78 is 57.9. The van der Waals surface area contributed by atoms with E-state index in [1.165, 1.54) is 0 Å². The van der Waals surface area contributed by atoms with E-state index in [-0.39, 0.29) is 35.3 Å². The van der Waals surface area contributed by atoms with E-state index < -0.39 is 33.1 Å². The normalized spacial score (nSPS) is 21.3. The van der Waals surface area contributed by atoms with E-state index in [9.17, 15) is 18.0 Å². The van der Waals surface area contributed by atoms with Crippen LogP contribution in [-0.2, 0) is 22.1 Å². The van der Waals surface area contributed by atoms with Gasteiger partial charge in [-0.05, 0) is 69.3 Å². The Bertz CT molecular complexity index is 1770. The van der Waals surface area contributed by atoms with Gasteiger partial charge >= 0.3 is 18.3 Å². The Hall–Kier alpha value is -3.29. The molecule has 0 aliphatic carbocycles. The molecule has 2 saturated heterocycles. The zero-order valence-electron chi connectivity index (χ0n) is 30.7. The largest absolute Gasteiger partial charge is 0.463 e. The molecule has 0 unspecified atom stereocenters. The maximum Gasteiger partial charge on any atom is 0.411 e. The molecule has 0 spiro atoms. The van der Waals surface area contributed by atoms with Crippen LogP contribution in [0.5, 0.6) is 6.01 Å². The average molecular weight is 748 g/mol. The molecule has 1 aromatic heterocycles. The number of carbonyl (C=O) groups is 1. The van der Waals surface area contributed by atoms with Gasteiger partial charge in [-0.2, -0.15) is 23.1 Å². The minimum absolute atomic E-state index is 0.0330. The Morgan fingerprint density at radius 3 is 2.37 bits per heavy atom. The Morgan fingerprint density at radius 1 is 1.00 bits per heavy atom. The predicted molar refractivity (Wildman–Crippen MR) is 196 cm³/mol. The van der Waals surface area contributed by atoms with Crippen molar-refractivity contribution >= 4 is 48.3 Å². The molecule has 0 saturated carbocycles. The van der Waals surface area contributed by atoms with Crippen LogP contribution in [0.2, 0.25) is 23.2 Å². The number of hydrogen-bond donors (Lipinski definition) is 0. The number of fused-ring (bicyclic) bond motifs is 4. The molecule has 0 radical (unpaired) electrons. The summed E-state index contributed by atoms with van der Waals surface area (Å²) in [7, 11) is -2.22. The second kappa shape index (κ2) is 13.6. The smallest absolute Gasteiger partial charge is 0.411 e. The Labute approximate surface area is 304 Å². The Balaban J connectivity index is 1.36. The summed E-state index contributed by atoms with van der Waals surface area (Å²) in [6.07, 6.45) is -4.83. The van der Waals surface area contributed by atoms with E-state index in [1.54, 1.807) is 0 Å². The van der Waals surface area contributed by atoms with Crippen molar-refractivity contribution in [2.24, 2.45) is 0 Å². The standard InChI is InChI=1S/C37H49ClF3N5O4Si/c1-35(2,3)49-34(47)46-24-19-30(50-51(7,8)36(4,5)6)29(46)22-45(20-24)32-25-15-17-44(28-14-10-12-23-11-9-13-26(38)31(23)28)21-27(25)42-33(43-32)48-18-16-37(39,40)41/h9-14,24,29-30H,15-22H2,1-8H3/t24-,29-,30-/m1/s1. The van der Waals surface area contributed by atoms with Gasteiger partial charge in [0.1, 0.15) is 18.0 Å². The van der Waals surface area contributed by atoms with E-state index in [1.807, 2.05) is 62.1 Å². The highest BCUT2D eigenvalue weighted by molar-refractivity contribution is 6.74. The lowest BCUT2D eigenvalue weighted by Crippen LogP contribution is -2.59. The lowest BCUT2D eigenvalue weighted by molar-refractivity contribution is -0.139. The highest BCUT2D eigenvalue weighted by Gasteiger charge is 2.53. The zero-order chi connectivity index (χ0) is 37.1. The molecular weight excluding hydrogens is 699 g/mol. The minimum atomic E-state index is -4.38. The van der Waals surface area contributed by atoms with Crippen LogP contribution in [-0.4, -0.2) is 85.5 Å². The van der Waals surface area contributed by atoms with Gasteiger partial charge in [0.05, 0.1) is 41.9 Å². The molecule has 3 aliphatic rings. The molecule has 3 aromatic rings. The Kier molecular flexibility index (Phi) is 9.99. The monoisotopic (exact) mass is 747 g/mol. The van der Waals surface area contributed by atoms with Crippen LogP contribution >= 0.6 is 11.6 Å². The van der Waals surface area contributed by atoms with E-state index in [0.717, 1.165) is 22.0 Å². The van der Waals surface area contributed by atoms with Crippen LogP contribution < -0.4 is 14.5 Å². The van der Waals surface area contributed by atoms with Gasteiger partial charge < -0.3 is 23.7 Å². The molecule has 1 amide bonds. The topological polar surface area (TPSA) is 80.3 Å². The molecule has 51 heavy (non-hydrogen) atoms. The van der Waals surface area contributed by atoms with Gasteiger partial charge in [-0.15, -0.1) is 0 Å². The fourth-order valence-corrected chi connectivity index (χ4v) is 8.73. The predicted octanol–water partition coefficient (Wildman–Crippen LogP) is 8.77. The van der Waals surface area contributed by atoms with Gasteiger partial charge in [0.15, 0.2) is 8.32 Å². The molecule has 3 atom stereocenters. The number of amides is 1. The number of anilines is 2. The molecule has 6 rings (SSSR count). The minimum Gasteiger partial charge on any atom is -0.463 e. The summed E-state index contributed by atoms with van der Waals surface area (Å²) in [6.45, 7) is 17.9. The SMILES string of the molecule is CC(C)(C)OC(=O)N1[C@@H]2C[C@@H](O[Si](C)(C)C(C)(C)C)[C@H]1CN(c1nc(OCCC(F)(F)F)nc3c1CCN(c1cccc4cccc(Cl)c14)C3)C2.